The SMILES string of the molecule is CC(=O)Nc1cccc(N=C2NN=C(c3cc4cc(Cl)ccc4o3)CS2)c1. The molecule has 6 nitrogen and oxygen atoms in total. The lowest BCUT2D eigenvalue weighted by molar-refractivity contribution is -0.114. The normalized spacial score (nSPS) is 15.5. The van der Waals surface area contributed by atoms with Gasteiger partial charge in [-0.2, -0.15) is 5.10 Å². The maximum atomic E-state index is 11.2. The van der Waals surface area contributed by atoms with Crippen LogP contribution in [-0.4, -0.2) is 22.5 Å². The summed E-state index contributed by atoms with van der Waals surface area (Å²) in [5.74, 6) is 1.22. The van der Waals surface area contributed by atoms with Gasteiger partial charge in [0.2, 0.25) is 5.91 Å². The topological polar surface area (TPSA) is 79.0 Å². The monoisotopic (exact) mass is 398 g/mol. The van der Waals surface area contributed by atoms with E-state index in [0.717, 1.165) is 22.4 Å². The number of benzene rings is 2. The molecule has 8 heteroatoms. The predicted octanol–water partition coefficient (Wildman–Crippen LogP) is 4.77. The van der Waals surface area contributed by atoms with Crippen molar-refractivity contribution in [3.05, 3.63) is 59.3 Å². The zero-order valence-electron chi connectivity index (χ0n) is 14.3. The Balaban J connectivity index is 1.52. The molecule has 0 unspecified atom stereocenters. The first-order chi connectivity index (χ1) is 13.1. The zero-order valence-corrected chi connectivity index (χ0v) is 15.9. The molecule has 1 aliphatic rings. The van der Waals surface area contributed by atoms with Crippen molar-refractivity contribution in [3.8, 4) is 0 Å². The zero-order chi connectivity index (χ0) is 18.8. The van der Waals surface area contributed by atoms with Crippen molar-refractivity contribution in [1.82, 2.24) is 5.43 Å². The molecular weight excluding hydrogens is 384 g/mol. The Hall–Kier alpha value is -2.77. The minimum absolute atomic E-state index is 0.119. The number of hydrogen-bond acceptors (Lipinski definition) is 5. The average molecular weight is 399 g/mol. The Morgan fingerprint density at radius 2 is 2.19 bits per heavy atom. The molecule has 2 heterocycles. The molecule has 4 rings (SSSR count). The van der Waals surface area contributed by atoms with Crippen LogP contribution in [0.4, 0.5) is 11.4 Å². The maximum Gasteiger partial charge on any atom is 0.221 e. The van der Waals surface area contributed by atoms with Crippen molar-refractivity contribution < 1.29 is 9.21 Å². The largest absolute Gasteiger partial charge is 0.455 e. The number of hydrogen-bond donors (Lipinski definition) is 2. The van der Waals surface area contributed by atoms with Crippen LogP contribution in [0.5, 0.6) is 0 Å². The van der Waals surface area contributed by atoms with E-state index in [0.29, 0.717) is 27.4 Å². The summed E-state index contributed by atoms with van der Waals surface area (Å²) in [6.07, 6.45) is 0. The molecule has 1 aromatic heterocycles. The van der Waals surface area contributed by atoms with Gasteiger partial charge in [-0.25, -0.2) is 4.99 Å². The van der Waals surface area contributed by atoms with Gasteiger partial charge in [0.1, 0.15) is 11.3 Å². The lowest BCUT2D eigenvalue weighted by atomic mass is 10.2. The lowest BCUT2D eigenvalue weighted by Crippen LogP contribution is -2.24. The fourth-order valence-corrected chi connectivity index (χ4v) is 3.57. The molecule has 0 fully saturated rings. The van der Waals surface area contributed by atoms with Crippen molar-refractivity contribution in [1.29, 1.82) is 0 Å². The van der Waals surface area contributed by atoms with Crippen LogP contribution in [0.3, 0.4) is 0 Å². The van der Waals surface area contributed by atoms with Crippen LogP contribution in [0, 0.1) is 0 Å². The second-order valence-corrected chi connectivity index (χ2v) is 7.30. The number of fused-ring (bicyclic) bond motifs is 1. The number of nitrogens with one attached hydrogen (secondary N) is 2. The van der Waals surface area contributed by atoms with Crippen LogP contribution < -0.4 is 10.7 Å². The van der Waals surface area contributed by atoms with Gasteiger partial charge >= 0.3 is 0 Å². The van der Waals surface area contributed by atoms with Gasteiger partial charge in [-0.15, -0.1) is 0 Å². The van der Waals surface area contributed by atoms with Gasteiger partial charge in [-0.1, -0.05) is 29.4 Å². The van der Waals surface area contributed by atoms with Crippen LogP contribution in [0.15, 0.2) is 63.0 Å². The Morgan fingerprint density at radius 1 is 1.30 bits per heavy atom. The molecule has 0 atom stereocenters. The minimum Gasteiger partial charge on any atom is -0.455 e. The first-order valence-electron chi connectivity index (χ1n) is 8.18. The molecule has 1 aliphatic heterocycles. The van der Waals surface area contributed by atoms with Crippen molar-refractivity contribution in [2.75, 3.05) is 11.1 Å². The summed E-state index contributed by atoms with van der Waals surface area (Å²) < 4.78 is 5.85. The van der Waals surface area contributed by atoms with Gasteiger partial charge in [-0.05, 0) is 42.5 Å². The number of furan rings is 1. The van der Waals surface area contributed by atoms with E-state index < -0.39 is 0 Å². The Bertz CT molecular complexity index is 1090. The number of amidine groups is 1. The van der Waals surface area contributed by atoms with Crippen molar-refractivity contribution in [2.45, 2.75) is 6.92 Å². The second-order valence-electron chi connectivity index (χ2n) is 5.90. The third kappa shape index (κ3) is 4.15. The number of aliphatic imine (C=N–C) groups is 1. The van der Waals surface area contributed by atoms with Crippen LogP contribution >= 0.6 is 23.4 Å². The first kappa shape index (κ1) is 17.6. The average Bonchev–Trinajstić information content (AvgIpc) is 3.05. The van der Waals surface area contributed by atoms with Crippen molar-refractivity contribution in [3.63, 3.8) is 0 Å². The molecule has 0 saturated heterocycles. The van der Waals surface area contributed by atoms with E-state index in [-0.39, 0.29) is 5.91 Å². The highest BCUT2D eigenvalue weighted by Crippen LogP contribution is 2.26. The summed E-state index contributed by atoms with van der Waals surface area (Å²) in [6.45, 7) is 1.47. The van der Waals surface area contributed by atoms with E-state index >= 15 is 0 Å². The molecule has 136 valence electrons. The molecule has 0 bridgehead atoms. The summed E-state index contributed by atoms with van der Waals surface area (Å²) in [5, 5.41) is 9.42. The molecular formula is C19H15ClN4O2S. The number of anilines is 1. The molecule has 3 aromatic rings. The van der Waals surface area contributed by atoms with Gasteiger partial charge in [-0.3, -0.25) is 10.2 Å². The lowest BCUT2D eigenvalue weighted by Gasteiger charge is -2.13. The summed E-state index contributed by atoms with van der Waals surface area (Å²) in [7, 11) is 0. The van der Waals surface area contributed by atoms with E-state index in [2.05, 4.69) is 20.8 Å². The van der Waals surface area contributed by atoms with E-state index in [1.54, 1.807) is 12.1 Å². The Kier molecular flexibility index (Phi) is 4.87. The standard InChI is InChI=1S/C19H15ClN4O2S/c1-11(25)21-14-3-2-4-15(9-14)22-19-24-23-16(10-27-19)18-8-12-7-13(20)5-6-17(12)26-18/h2-9H,10H2,1H3,(H,21,25)(H,22,24). The van der Waals surface area contributed by atoms with Crippen LogP contribution in [0.2, 0.25) is 5.02 Å². The number of hydrazone groups is 1. The third-order valence-corrected chi connectivity index (χ3v) is 4.90. The van der Waals surface area contributed by atoms with Crippen LogP contribution in [0.1, 0.15) is 12.7 Å². The van der Waals surface area contributed by atoms with Crippen LogP contribution in [-0.2, 0) is 4.79 Å². The van der Waals surface area contributed by atoms with Crippen molar-refractivity contribution >= 4 is 62.5 Å². The number of halogens is 1. The highest BCUT2D eigenvalue weighted by atomic mass is 35.5. The van der Waals surface area contributed by atoms with E-state index in [4.69, 9.17) is 16.0 Å². The number of rotatable bonds is 3. The number of nitrogens with zero attached hydrogens (tertiary/aromatic N) is 2. The van der Waals surface area contributed by atoms with E-state index in [9.17, 15) is 4.79 Å². The Labute approximate surface area is 164 Å². The number of amides is 1. The molecule has 0 saturated carbocycles. The quantitative estimate of drug-likeness (QED) is 0.665. The number of carbonyl (C=O) groups excluding carboxylic acids is 1. The van der Waals surface area contributed by atoms with Crippen molar-refractivity contribution in [2.24, 2.45) is 10.1 Å². The molecule has 0 aliphatic carbocycles. The summed E-state index contributed by atoms with van der Waals surface area (Å²) in [6, 6.07) is 14.8. The fraction of sp³-hybridized carbons (Fsp3) is 0.105. The van der Waals surface area contributed by atoms with Gasteiger partial charge in [0.15, 0.2) is 10.9 Å². The fourth-order valence-electron chi connectivity index (χ4n) is 2.63. The predicted molar refractivity (Wildman–Crippen MR) is 111 cm³/mol. The van der Waals surface area contributed by atoms with Crippen LogP contribution in [0.25, 0.3) is 11.0 Å². The van der Waals surface area contributed by atoms with Gasteiger partial charge < -0.3 is 9.73 Å². The summed E-state index contributed by atoms with van der Waals surface area (Å²) in [4.78, 5) is 15.7. The summed E-state index contributed by atoms with van der Waals surface area (Å²) in [5.41, 5.74) is 5.97. The maximum absolute atomic E-state index is 11.2. The van der Waals surface area contributed by atoms with Gasteiger partial charge in [0.25, 0.3) is 0 Å². The van der Waals surface area contributed by atoms with Gasteiger partial charge in [0.05, 0.1) is 5.69 Å². The molecule has 2 aromatic carbocycles. The van der Waals surface area contributed by atoms with E-state index in [1.165, 1.54) is 18.7 Å². The minimum atomic E-state index is -0.119. The smallest absolute Gasteiger partial charge is 0.221 e. The number of carbonyl (C=O) groups is 1. The first-order valence-corrected chi connectivity index (χ1v) is 9.54. The highest BCUT2D eigenvalue weighted by Gasteiger charge is 2.17. The Morgan fingerprint density at radius 3 is 2.96 bits per heavy atom. The van der Waals surface area contributed by atoms with Gasteiger partial charge in [0, 0.05) is 28.8 Å². The molecule has 0 radical (unpaired) electrons. The molecule has 2 N–H and O–H groups in total. The number of thioether (sulfide) groups is 1. The second kappa shape index (κ2) is 7.46. The third-order valence-electron chi connectivity index (χ3n) is 3.79. The summed E-state index contributed by atoms with van der Waals surface area (Å²) >= 11 is 7.55. The highest BCUT2D eigenvalue weighted by molar-refractivity contribution is 8.14. The molecule has 27 heavy (non-hydrogen) atoms. The molecule has 0 spiro atoms. The van der Waals surface area contributed by atoms with E-state index in [1.807, 2.05) is 36.4 Å². The molecule has 1 amide bonds.